The Labute approximate surface area is 78.2 Å². The highest BCUT2D eigenvalue weighted by molar-refractivity contribution is 14.1. The number of urea groups is 1. The van der Waals surface area contributed by atoms with Crippen molar-refractivity contribution in [3.63, 3.8) is 0 Å². The number of piperidine rings is 1. The van der Waals surface area contributed by atoms with Crippen LogP contribution in [0.4, 0.5) is 4.79 Å². The van der Waals surface area contributed by atoms with Crippen molar-refractivity contribution in [2.45, 2.75) is 22.9 Å². The maximum Gasteiger partial charge on any atom is 0.344 e. The predicted octanol–water partition coefficient (Wildman–Crippen LogP) is 1.04. The van der Waals surface area contributed by atoms with E-state index in [4.69, 9.17) is 0 Å². The van der Waals surface area contributed by atoms with Gasteiger partial charge in [0.15, 0.2) is 0 Å². The maximum atomic E-state index is 11.2. The summed E-state index contributed by atoms with van der Waals surface area (Å²) in [5.74, 6) is 0. The molecule has 2 bridgehead atoms. The molecule has 0 spiro atoms. The van der Waals surface area contributed by atoms with Crippen LogP contribution in [0.25, 0.3) is 0 Å². The molecule has 0 aliphatic carbocycles. The molecule has 1 unspecified atom stereocenters. The zero-order valence-electron chi connectivity index (χ0n) is 5.90. The first-order valence-corrected chi connectivity index (χ1v) is 4.87. The lowest BCUT2D eigenvalue weighted by atomic mass is 10.1. The van der Waals surface area contributed by atoms with Crippen LogP contribution in [0.15, 0.2) is 0 Å². The van der Waals surface area contributed by atoms with Gasteiger partial charge in [-0.3, -0.25) is 5.21 Å². The highest BCUT2D eigenvalue weighted by Gasteiger charge is 2.43. The van der Waals surface area contributed by atoms with Gasteiger partial charge in [-0.15, -0.1) is 0 Å². The molecule has 11 heavy (non-hydrogen) atoms. The Balaban J connectivity index is 2.22. The fourth-order valence-corrected chi connectivity index (χ4v) is 2.43. The molecule has 0 saturated carbocycles. The minimum absolute atomic E-state index is 0.0496. The lowest BCUT2D eigenvalue weighted by Crippen LogP contribution is -2.35. The highest BCUT2D eigenvalue weighted by atomic mass is 127. The van der Waals surface area contributed by atoms with Gasteiger partial charge in [0.2, 0.25) is 0 Å². The Bertz CT molecular complexity index is 199. The normalized spacial score (nSPS) is 36.7. The molecule has 2 fully saturated rings. The summed E-state index contributed by atoms with van der Waals surface area (Å²) in [6.45, 7) is 0.697. The van der Waals surface area contributed by atoms with Crippen molar-refractivity contribution >= 4 is 28.6 Å². The van der Waals surface area contributed by atoms with Crippen LogP contribution in [0, 0.1) is 0 Å². The first-order chi connectivity index (χ1) is 5.20. The van der Waals surface area contributed by atoms with E-state index < -0.39 is 0 Å². The fraction of sp³-hybridized carbons (Fsp3) is 0.833. The molecule has 2 amide bonds. The number of carbonyl (C=O) groups excluding carboxylic acids is 1. The van der Waals surface area contributed by atoms with Gasteiger partial charge in [-0.25, -0.2) is 9.86 Å². The molecule has 0 aromatic rings. The molecule has 0 aromatic carbocycles. The molecule has 2 atom stereocenters. The molecule has 2 rings (SSSR count). The van der Waals surface area contributed by atoms with Crippen molar-refractivity contribution in [1.29, 1.82) is 0 Å². The van der Waals surface area contributed by atoms with Gasteiger partial charge in [-0.05, 0) is 12.8 Å². The second-order valence-electron chi connectivity index (χ2n) is 2.95. The van der Waals surface area contributed by atoms with Gasteiger partial charge in [0.1, 0.15) is 0 Å². The molecular weight excluding hydrogens is 259 g/mol. The van der Waals surface area contributed by atoms with Crippen molar-refractivity contribution in [3.8, 4) is 0 Å². The van der Waals surface area contributed by atoms with Crippen molar-refractivity contribution in [2.75, 3.05) is 6.54 Å². The van der Waals surface area contributed by atoms with E-state index in [2.05, 4.69) is 22.6 Å². The zero-order valence-corrected chi connectivity index (χ0v) is 8.06. The number of carbonyl (C=O) groups is 1. The van der Waals surface area contributed by atoms with Crippen LogP contribution >= 0.6 is 22.6 Å². The first kappa shape index (κ1) is 7.60. The monoisotopic (exact) mass is 268 g/mol. The molecule has 0 aromatic heterocycles. The minimum Gasteiger partial charge on any atom is -0.309 e. The Morgan fingerprint density at radius 2 is 2.27 bits per heavy atom. The first-order valence-electron chi connectivity index (χ1n) is 3.63. The van der Waals surface area contributed by atoms with Gasteiger partial charge >= 0.3 is 6.03 Å². The smallest absolute Gasteiger partial charge is 0.309 e. The number of hydroxylamine groups is 2. The largest absolute Gasteiger partial charge is 0.344 e. The standard InChI is InChI=1S/C6H9IN2O2/c7-5-2-1-4-3-8(5)6(10)9(4)11/h4-5,11H,1-3H2/t4?,5-/m0/s1. The molecule has 2 aliphatic rings. The van der Waals surface area contributed by atoms with E-state index in [0.717, 1.165) is 17.9 Å². The van der Waals surface area contributed by atoms with E-state index in [1.165, 1.54) is 0 Å². The van der Waals surface area contributed by atoms with Gasteiger partial charge in [0.25, 0.3) is 0 Å². The Morgan fingerprint density at radius 3 is 2.91 bits per heavy atom. The third kappa shape index (κ3) is 1.01. The van der Waals surface area contributed by atoms with Gasteiger partial charge in [0.05, 0.1) is 10.1 Å². The van der Waals surface area contributed by atoms with Crippen molar-refractivity contribution in [2.24, 2.45) is 0 Å². The van der Waals surface area contributed by atoms with E-state index in [1.807, 2.05) is 0 Å². The fourth-order valence-electron chi connectivity index (χ4n) is 1.60. The van der Waals surface area contributed by atoms with E-state index in [9.17, 15) is 10.0 Å². The number of alkyl halides is 1. The van der Waals surface area contributed by atoms with Gasteiger partial charge in [-0.1, -0.05) is 22.6 Å². The molecule has 62 valence electrons. The van der Waals surface area contributed by atoms with Crippen molar-refractivity contribution < 1.29 is 10.0 Å². The molecule has 5 heteroatoms. The van der Waals surface area contributed by atoms with Crippen molar-refractivity contribution in [1.82, 2.24) is 9.96 Å². The summed E-state index contributed by atoms with van der Waals surface area (Å²) in [5, 5.41) is 10.1. The molecule has 2 saturated heterocycles. The zero-order chi connectivity index (χ0) is 8.01. The second kappa shape index (κ2) is 2.48. The number of hydrogen-bond donors (Lipinski definition) is 1. The van der Waals surface area contributed by atoms with Crippen LogP contribution < -0.4 is 0 Å². The molecule has 0 radical (unpaired) electrons. The lowest BCUT2D eigenvalue weighted by Gasteiger charge is -2.25. The summed E-state index contributed by atoms with van der Waals surface area (Å²) < 4.78 is 0.272. The third-order valence-corrected chi connectivity index (χ3v) is 3.57. The molecule has 4 nitrogen and oxygen atoms in total. The van der Waals surface area contributed by atoms with Crippen LogP contribution in [0.5, 0.6) is 0 Å². The van der Waals surface area contributed by atoms with E-state index in [1.54, 1.807) is 4.90 Å². The Hall–Kier alpha value is -0.0400. The second-order valence-corrected chi connectivity index (χ2v) is 4.38. The molecule has 2 aliphatic heterocycles. The van der Waals surface area contributed by atoms with Crippen LogP contribution in [0.1, 0.15) is 12.8 Å². The van der Waals surface area contributed by atoms with Crippen LogP contribution in [-0.2, 0) is 0 Å². The Kier molecular flexibility index (Phi) is 1.71. The number of halogens is 1. The topological polar surface area (TPSA) is 43.8 Å². The SMILES string of the molecule is O=C1N(O)C2CC[C@@H](I)N1C2. The number of fused-ring (bicyclic) bond motifs is 2. The molecule has 1 N–H and O–H groups in total. The summed E-state index contributed by atoms with van der Waals surface area (Å²) in [4.78, 5) is 12.9. The van der Waals surface area contributed by atoms with Gasteiger partial charge in [0, 0.05) is 6.54 Å². The predicted molar refractivity (Wildman–Crippen MR) is 46.6 cm³/mol. The average Bonchev–Trinajstić information content (AvgIpc) is 2.24. The van der Waals surface area contributed by atoms with Crippen LogP contribution in [0.2, 0.25) is 0 Å². The summed E-state index contributed by atoms with van der Waals surface area (Å²) in [7, 11) is 0. The van der Waals surface area contributed by atoms with Crippen molar-refractivity contribution in [3.05, 3.63) is 0 Å². The summed E-state index contributed by atoms with van der Waals surface area (Å²) in [5.41, 5.74) is 0. The van der Waals surface area contributed by atoms with Crippen LogP contribution in [0.3, 0.4) is 0 Å². The van der Waals surface area contributed by atoms with E-state index >= 15 is 0 Å². The van der Waals surface area contributed by atoms with E-state index in [0.29, 0.717) is 6.54 Å². The third-order valence-electron chi connectivity index (χ3n) is 2.27. The number of amides is 2. The Morgan fingerprint density at radius 1 is 1.55 bits per heavy atom. The minimum atomic E-state index is -0.230. The summed E-state index contributed by atoms with van der Waals surface area (Å²) in [6.07, 6.45) is 1.92. The molecule has 2 heterocycles. The number of hydrogen-bond acceptors (Lipinski definition) is 2. The maximum absolute atomic E-state index is 11.2. The number of nitrogens with zero attached hydrogens (tertiary/aromatic N) is 2. The number of rotatable bonds is 0. The van der Waals surface area contributed by atoms with Gasteiger partial charge in [-0.2, -0.15) is 0 Å². The van der Waals surface area contributed by atoms with Crippen LogP contribution in [-0.4, -0.2) is 37.8 Å². The van der Waals surface area contributed by atoms with E-state index in [-0.39, 0.29) is 16.1 Å². The lowest BCUT2D eigenvalue weighted by molar-refractivity contribution is -0.0583. The quantitative estimate of drug-likeness (QED) is 0.309. The highest BCUT2D eigenvalue weighted by Crippen LogP contribution is 2.31. The molecular formula is C6H9IN2O2. The summed E-state index contributed by atoms with van der Waals surface area (Å²) >= 11 is 2.24. The average molecular weight is 268 g/mol. The summed E-state index contributed by atoms with van der Waals surface area (Å²) in [6, 6.07) is -0.180. The van der Waals surface area contributed by atoms with Gasteiger partial charge < -0.3 is 4.90 Å².